The zero-order valence-corrected chi connectivity index (χ0v) is 7.46. The number of nitrogen functional groups attached to an aromatic ring is 1. The summed E-state index contributed by atoms with van der Waals surface area (Å²) in [5.74, 6) is 0.186. The van der Waals surface area contributed by atoms with Crippen LogP contribution in [0, 0.1) is 0 Å². The predicted molar refractivity (Wildman–Crippen MR) is 52.5 cm³/mol. The fraction of sp³-hybridized carbons (Fsp3) is 0.400. The molecule has 0 saturated carbocycles. The van der Waals surface area contributed by atoms with Crippen LogP contribution in [-0.2, 0) is 0 Å². The van der Waals surface area contributed by atoms with E-state index in [9.17, 15) is 5.11 Å². The van der Waals surface area contributed by atoms with Crippen molar-refractivity contribution in [2.45, 2.75) is 18.9 Å². The van der Waals surface area contributed by atoms with Crippen molar-refractivity contribution in [2.24, 2.45) is 0 Å². The Kier molecular flexibility index (Phi) is 2.10. The fourth-order valence-corrected chi connectivity index (χ4v) is 1.75. The van der Waals surface area contributed by atoms with Gasteiger partial charge in [-0.3, -0.25) is 0 Å². The molecule has 1 saturated heterocycles. The Hall–Kier alpha value is -1.22. The number of hydrogen-bond acceptors (Lipinski definition) is 3. The lowest BCUT2D eigenvalue weighted by Gasteiger charge is -2.11. The van der Waals surface area contributed by atoms with Crippen molar-refractivity contribution in [3.05, 3.63) is 23.8 Å². The summed E-state index contributed by atoms with van der Waals surface area (Å²) in [5.41, 5.74) is 7.09. The highest BCUT2D eigenvalue weighted by molar-refractivity contribution is 5.53. The van der Waals surface area contributed by atoms with Crippen LogP contribution in [0.4, 0.5) is 5.69 Å². The second-order valence-electron chi connectivity index (χ2n) is 3.47. The normalized spacial score (nSPS) is 22.0. The molecule has 1 atom stereocenters. The molecule has 3 heteroatoms. The number of phenolic OH excluding ortho intramolecular Hbond substituents is 1. The van der Waals surface area contributed by atoms with E-state index in [0.717, 1.165) is 18.5 Å². The third-order valence-electron chi connectivity index (χ3n) is 2.52. The lowest BCUT2D eigenvalue weighted by molar-refractivity contribution is 0.475. The summed E-state index contributed by atoms with van der Waals surface area (Å²) in [6.07, 6.45) is 2.35. The summed E-state index contributed by atoms with van der Waals surface area (Å²) in [7, 11) is 0. The van der Waals surface area contributed by atoms with Crippen LogP contribution >= 0.6 is 0 Å². The molecular formula is C10H14N2O. The van der Waals surface area contributed by atoms with Gasteiger partial charge < -0.3 is 16.2 Å². The van der Waals surface area contributed by atoms with Gasteiger partial charge in [-0.15, -0.1) is 0 Å². The van der Waals surface area contributed by atoms with Crippen molar-refractivity contribution in [2.75, 3.05) is 12.3 Å². The summed E-state index contributed by atoms with van der Waals surface area (Å²) >= 11 is 0. The van der Waals surface area contributed by atoms with Crippen molar-refractivity contribution >= 4 is 5.69 Å². The van der Waals surface area contributed by atoms with Gasteiger partial charge in [-0.2, -0.15) is 0 Å². The molecular weight excluding hydrogens is 164 g/mol. The third kappa shape index (κ3) is 1.60. The van der Waals surface area contributed by atoms with Gasteiger partial charge in [0.2, 0.25) is 0 Å². The average molecular weight is 178 g/mol. The number of nitrogens with two attached hydrogens (primary N) is 1. The molecule has 0 radical (unpaired) electrons. The van der Waals surface area contributed by atoms with Gasteiger partial charge in [-0.1, -0.05) is 6.07 Å². The van der Waals surface area contributed by atoms with E-state index in [1.54, 1.807) is 12.1 Å². The van der Waals surface area contributed by atoms with Gasteiger partial charge in [0.05, 0.1) is 5.69 Å². The molecule has 0 spiro atoms. The lowest BCUT2D eigenvalue weighted by Crippen LogP contribution is -2.12. The first-order valence-corrected chi connectivity index (χ1v) is 4.59. The highest BCUT2D eigenvalue weighted by Crippen LogP contribution is 2.28. The average Bonchev–Trinajstić information content (AvgIpc) is 2.62. The van der Waals surface area contributed by atoms with Crippen LogP contribution in [0.3, 0.4) is 0 Å². The molecule has 1 aromatic carbocycles. The van der Waals surface area contributed by atoms with Crippen LogP contribution in [0.2, 0.25) is 0 Å². The first-order chi connectivity index (χ1) is 6.27. The van der Waals surface area contributed by atoms with Gasteiger partial charge in [-0.05, 0) is 37.1 Å². The first-order valence-electron chi connectivity index (χ1n) is 4.59. The summed E-state index contributed by atoms with van der Waals surface area (Å²) in [6.45, 7) is 1.07. The Morgan fingerprint density at radius 1 is 1.46 bits per heavy atom. The number of aromatic hydroxyl groups is 1. The predicted octanol–water partition coefficient (Wildman–Crippen LogP) is 1.40. The molecule has 1 aromatic rings. The van der Waals surface area contributed by atoms with Crippen LogP contribution < -0.4 is 11.1 Å². The van der Waals surface area contributed by atoms with E-state index in [1.807, 2.05) is 6.07 Å². The highest BCUT2D eigenvalue weighted by atomic mass is 16.3. The minimum atomic E-state index is 0.186. The number of rotatable bonds is 1. The minimum Gasteiger partial charge on any atom is -0.506 e. The van der Waals surface area contributed by atoms with Crippen molar-refractivity contribution in [3.8, 4) is 5.75 Å². The molecule has 0 amide bonds. The second-order valence-corrected chi connectivity index (χ2v) is 3.47. The van der Waals surface area contributed by atoms with Gasteiger partial charge in [0, 0.05) is 6.04 Å². The van der Waals surface area contributed by atoms with Gasteiger partial charge in [0.25, 0.3) is 0 Å². The molecule has 0 bridgehead atoms. The fourth-order valence-electron chi connectivity index (χ4n) is 1.75. The van der Waals surface area contributed by atoms with Crippen molar-refractivity contribution in [1.82, 2.24) is 5.32 Å². The van der Waals surface area contributed by atoms with Crippen molar-refractivity contribution < 1.29 is 5.11 Å². The molecule has 4 N–H and O–H groups in total. The van der Waals surface area contributed by atoms with Crippen LogP contribution in [0.5, 0.6) is 5.75 Å². The van der Waals surface area contributed by atoms with Gasteiger partial charge in [0.15, 0.2) is 0 Å². The van der Waals surface area contributed by atoms with E-state index in [0.29, 0.717) is 11.7 Å². The second kappa shape index (κ2) is 3.26. The van der Waals surface area contributed by atoms with Gasteiger partial charge >= 0.3 is 0 Å². The maximum absolute atomic E-state index is 9.41. The maximum Gasteiger partial charge on any atom is 0.138 e. The number of hydrogen-bond donors (Lipinski definition) is 3. The van der Waals surface area contributed by atoms with Gasteiger partial charge in [-0.25, -0.2) is 0 Å². The largest absolute Gasteiger partial charge is 0.506 e. The highest BCUT2D eigenvalue weighted by Gasteiger charge is 2.16. The zero-order valence-electron chi connectivity index (χ0n) is 7.46. The molecule has 1 unspecified atom stereocenters. The van der Waals surface area contributed by atoms with Crippen LogP contribution in [-0.4, -0.2) is 11.7 Å². The third-order valence-corrected chi connectivity index (χ3v) is 2.52. The summed E-state index contributed by atoms with van der Waals surface area (Å²) in [4.78, 5) is 0. The standard InChI is InChI=1S/C10H14N2O/c11-8-4-3-7(6-10(8)13)9-2-1-5-12-9/h3-4,6,9,12-13H,1-2,5,11H2. The Balaban J connectivity index is 2.25. The first kappa shape index (κ1) is 8.38. The molecule has 0 aromatic heterocycles. The van der Waals surface area contributed by atoms with Gasteiger partial charge in [0.1, 0.15) is 5.75 Å². The zero-order chi connectivity index (χ0) is 9.26. The maximum atomic E-state index is 9.41. The molecule has 1 aliphatic heterocycles. The molecule has 1 aliphatic rings. The number of phenols is 1. The summed E-state index contributed by atoms with van der Waals surface area (Å²) < 4.78 is 0. The van der Waals surface area contributed by atoms with Crippen molar-refractivity contribution in [1.29, 1.82) is 0 Å². The Morgan fingerprint density at radius 3 is 2.92 bits per heavy atom. The SMILES string of the molecule is Nc1ccc(C2CCCN2)cc1O. The van der Waals surface area contributed by atoms with Crippen LogP contribution in [0.1, 0.15) is 24.4 Å². The molecule has 2 rings (SSSR count). The molecule has 1 fully saturated rings. The lowest BCUT2D eigenvalue weighted by atomic mass is 10.0. The van der Waals surface area contributed by atoms with E-state index < -0.39 is 0 Å². The summed E-state index contributed by atoms with van der Waals surface area (Å²) in [6, 6.07) is 5.87. The molecule has 0 aliphatic carbocycles. The Labute approximate surface area is 77.6 Å². The van der Waals surface area contributed by atoms with E-state index in [4.69, 9.17) is 5.73 Å². The minimum absolute atomic E-state index is 0.186. The van der Waals surface area contributed by atoms with E-state index in [1.165, 1.54) is 6.42 Å². The van der Waals surface area contributed by atoms with Crippen LogP contribution in [0.15, 0.2) is 18.2 Å². The van der Waals surface area contributed by atoms with E-state index in [2.05, 4.69) is 5.32 Å². The Morgan fingerprint density at radius 2 is 2.31 bits per heavy atom. The monoisotopic (exact) mass is 178 g/mol. The quantitative estimate of drug-likeness (QED) is 0.450. The molecule has 13 heavy (non-hydrogen) atoms. The number of anilines is 1. The molecule has 70 valence electrons. The van der Waals surface area contributed by atoms with E-state index >= 15 is 0 Å². The van der Waals surface area contributed by atoms with Crippen molar-refractivity contribution in [3.63, 3.8) is 0 Å². The van der Waals surface area contributed by atoms with Crippen LogP contribution in [0.25, 0.3) is 0 Å². The summed E-state index contributed by atoms with van der Waals surface area (Å²) in [5, 5.41) is 12.8. The Bertz CT molecular complexity index is 306. The number of benzene rings is 1. The number of nitrogens with one attached hydrogen (secondary N) is 1. The molecule has 1 heterocycles. The molecule has 3 nitrogen and oxygen atoms in total. The van der Waals surface area contributed by atoms with E-state index in [-0.39, 0.29) is 5.75 Å². The topological polar surface area (TPSA) is 58.3 Å². The smallest absolute Gasteiger partial charge is 0.138 e.